The van der Waals surface area contributed by atoms with E-state index in [1.165, 1.54) is 5.69 Å². The zero-order chi connectivity index (χ0) is 14.1. The summed E-state index contributed by atoms with van der Waals surface area (Å²) in [6.07, 6.45) is 2.73. The van der Waals surface area contributed by atoms with Gasteiger partial charge in [-0.15, -0.1) is 11.3 Å². The highest BCUT2D eigenvalue weighted by atomic mass is 32.1. The van der Waals surface area contributed by atoms with Crippen LogP contribution in [0.15, 0.2) is 23.8 Å². The monoisotopic (exact) mass is 300 g/mol. The molecule has 7 heteroatoms. The van der Waals surface area contributed by atoms with E-state index in [0.29, 0.717) is 6.54 Å². The molecule has 0 amide bonds. The predicted octanol–water partition coefficient (Wildman–Crippen LogP) is 1.99. The molecule has 0 aromatic carbocycles. The number of hydrogen-bond acceptors (Lipinski definition) is 6. The highest BCUT2D eigenvalue weighted by Crippen LogP contribution is 2.25. The molecule has 0 saturated carbocycles. The number of hydrogen-bond donors (Lipinski definition) is 2. The van der Waals surface area contributed by atoms with Gasteiger partial charge in [0.15, 0.2) is 0 Å². The fourth-order valence-corrected chi connectivity index (χ4v) is 3.41. The van der Waals surface area contributed by atoms with Gasteiger partial charge < -0.3 is 10.6 Å². The number of nitrogens with one attached hydrogen (secondary N) is 2. The van der Waals surface area contributed by atoms with E-state index in [0.717, 1.165) is 47.8 Å². The molecule has 0 radical (unpaired) electrons. The summed E-state index contributed by atoms with van der Waals surface area (Å²) in [7, 11) is 0. The summed E-state index contributed by atoms with van der Waals surface area (Å²) in [5.41, 5.74) is 3.30. The number of fused-ring (bicyclic) bond motifs is 2. The Bertz CT molecular complexity index is 738. The summed E-state index contributed by atoms with van der Waals surface area (Å²) in [6.45, 7) is 3.64. The van der Waals surface area contributed by atoms with E-state index >= 15 is 0 Å². The lowest BCUT2D eigenvalue weighted by atomic mass is 10.3. The van der Waals surface area contributed by atoms with Gasteiger partial charge in [0.1, 0.15) is 12.1 Å². The second-order valence-electron chi connectivity index (χ2n) is 5.09. The van der Waals surface area contributed by atoms with Crippen LogP contribution in [0.25, 0.3) is 10.2 Å². The first-order valence-electron chi connectivity index (χ1n) is 7.08. The van der Waals surface area contributed by atoms with E-state index in [1.54, 1.807) is 17.7 Å². The Morgan fingerprint density at radius 2 is 2.38 bits per heavy atom. The second-order valence-corrected chi connectivity index (χ2v) is 6.01. The van der Waals surface area contributed by atoms with Crippen LogP contribution < -0.4 is 10.6 Å². The van der Waals surface area contributed by atoms with Crippen molar-refractivity contribution in [2.75, 3.05) is 11.9 Å². The third-order valence-corrected chi connectivity index (χ3v) is 4.53. The van der Waals surface area contributed by atoms with Crippen molar-refractivity contribution in [2.45, 2.75) is 26.1 Å². The third kappa shape index (κ3) is 2.50. The Hall–Kier alpha value is -1.99. The van der Waals surface area contributed by atoms with Crippen LogP contribution in [0.4, 0.5) is 5.82 Å². The highest BCUT2D eigenvalue weighted by Gasteiger charge is 2.11. The molecule has 0 spiro atoms. The second kappa shape index (κ2) is 5.42. The van der Waals surface area contributed by atoms with Gasteiger partial charge in [-0.3, -0.25) is 4.68 Å². The summed E-state index contributed by atoms with van der Waals surface area (Å²) in [5.74, 6) is 0.885. The van der Waals surface area contributed by atoms with Crippen LogP contribution in [-0.4, -0.2) is 26.3 Å². The Balaban J connectivity index is 1.53. The lowest BCUT2D eigenvalue weighted by molar-refractivity contribution is 0.581. The van der Waals surface area contributed by atoms with Crippen molar-refractivity contribution in [3.8, 4) is 0 Å². The summed E-state index contributed by atoms with van der Waals surface area (Å²) in [5, 5.41) is 13.5. The maximum Gasteiger partial charge on any atom is 0.147 e. The van der Waals surface area contributed by atoms with Crippen LogP contribution in [0.1, 0.15) is 17.8 Å². The van der Waals surface area contributed by atoms with E-state index in [9.17, 15) is 0 Å². The molecular formula is C14H16N6S. The summed E-state index contributed by atoms with van der Waals surface area (Å²) in [6, 6.07) is 4.18. The van der Waals surface area contributed by atoms with Gasteiger partial charge in [0.25, 0.3) is 0 Å². The van der Waals surface area contributed by atoms with Crippen molar-refractivity contribution in [3.63, 3.8) is 0 Å². The molecule has 0 atom stereocenters. The van der Waals surface area contributed by atoms with Crippen LogP contribution in [0.2, 0.25) is 0 Å². The van der Waals surface area contributed by atoms with Crippen LogP contribution >= 0.6 is 11.3 Å². The summed E-state index contributed by atoms with van der Waals surface area (Å²) in [4.78, 5) is 8.58. The molecule has 2 N–H and O–H groups in total. The number of aromatic nitrogens is 4. The number of nitrogens with zero attached hydrogens (tertiary/aromatic N) is 4. The van der Waals surface area contributed by atoms with Crippen molar-refractivity contribution in [1.82, 2.24) is 25.1 Å². The predicted molar refractivity (Wildman–Crippen MR) is 83.3 cm³/mol. The van der Waals surface area contributed by atoms with Gasteiger partial charge in [0.05, 0.1) is 28.1 Å². The van der Waals surface area contributed by atoms with Gasteiger partial charge in [0.2, 0.25) is 0 Å². The number of aryl methyl sites for hydroxylation is 1. The molecule has 0 unspecified atom stereocenters. The van der Waals surface area contributed by atoms with Crippen molar-refractivity contribution in [3.05, 3.63) is 35.2 Å². The minimum Gasteiger partial charge on any atom is -0.363 e. The van der Waals surface area contributed by atoms with E-state index in [1.807, 2.05) is 11.4 Å². The summed E-state index contributed by atoms with van der Waals surface area (Å²) < 4.78 is 3.21. The van der Waals surface area contributed by atoms with Gasteiger partial charge in [-0.25, -0.2) is 9.97 Å². The van der Waals surface area contributed by atoms with E-state index in [2.05, 4.69) is 36.4 Å². The molecule has 0 saturated heterocycles. The van der Waals surface area contributed by atoms with E-state index in [-0.39, 0.29) is 0 Å². The molecule has 4 rings (SSSR count). The number of thiophene rings is 1. The zero-order valence-electron chi connectivity index (χ0n) is 11.5. The molecule has 3 aromatic heterocycles. The molecule has 1 aliphatic heterocycles. The maximum atomic E-state index is 4.67. The summed E-state index contributed by atoms with van der Waals surface area (Å²) >= 11 is 1.66. The minimum absolute atomic E-state index is 0.685. The van der Waals surface area contributed by atoms with E-state index in [4.69, 9.17) is 0 Å². The van der Waals surface area contributed by atoms with Crippen molar-refractivity contribution < 1.29 is 0 Å². The van der Waals surface area contributed by atoms with Gasteiger partial charge in [0, 0.05) is 13.1 Å². The Morgan fingerprint density at radius 1 is 1.38 bits per heavy atom. The SMILES string of the molecule is c1nc(NCc2cc3n(n2)CCCNC3)c2sccc2n1. The maximum absolute atomic E-state index is 4.67. The largest absolute Gasteiger partial charge is 0.363 e. The molecule has 4 heterocycles. The highest BCUT2D eigenvalue weighted by molar-refractivity contribution is 7.17. The van der Waals surface area contributed by atoms with E-state index < -0.39 is 0 Å². The fourth-order valence-electron chi connectivity index (χ4n) is 2.60. The average molecular weight is 300 g/mol. The topological polar surface area (TPSA) is 67.7 Å². The molecule has 21 heavy (non-hydrogen) atoms. The Morgan fingerprint density at radius 3 is 3.38 bits per heavy atom. The van der Waals surface area contributed by atoms with Crippen LogP contribution in [-0.2, 0) is 19.6 Å². The fraction of sp³-hybridized carbons (Fsp3) is 0.357. The quantitative estimate of drug-likeness (QED) is 0.774. The first-order chi connectivity index (χ1) is 10.4. The molecule has 108 valence electrons. The molecule has 6 nitrogen and oxygen atoms in total. The van der Waals surface area contributed by atoms with Crippen LogP contribution in [0.3, 0.4) is 0 Å². The lowest BCUT2D eigenvalue weighted by Crippen LogP contribution is -2.11. The molecule has 3 aromatic rings. The van der Waals surface area contributed by atoms with Crippen molar-refractivity contribution in [2.24, 2.45) is 0 Å². The van der Waals surface area contributed by atoms with Crippen LogP contribution in [0.5, 0.6) is 0 Å². The molecule has 0 fully saturated rings. The normalized spacial score (nSPS) is 14.9. The lowest BCUT2D eigenvalue weighted by Gasteiger charge is -2.04. The standard InChI is InChI=1S/C14H16N6S/c1-3-15-8-11-6-10(19-20(11)4-1)7-16-14-13-12(2-5-21-13)17-9-18-14/h2,5-6,9,15H,1,3-4,7-8H2,(H,16,17,18). The minimum atomic E-state index is 0.685. The van der Waals surface area contributed by atoms with Crippen molar-refractivity contribution in [1.29, 1.82) is 0 Å². The first kappa shape index (κ1) is 12.7. The van der Waals surface area contributed by atoms with Gasteiger partial charge >= 0.3 is 0 Å². The van der Waals surface area contributed by atoms with Gasteiger partial charge in [-0.05, 0) is 30.5 Å². The molecular weight excluding hydrogens is 284 g/mol. The molecule has 0 aliphatic carbocycles. The first-order valence-corrected chi connectivity index (χ1v) is 7.96. The smallest absolute Gasteiger partial charge is 0.147 e. The number of anilines is 1. The van der Waals surface area contributed by atoms with Crippen LogP contribution in [0, 0.1) is 0 Å². The zero-order valence-corrected chi connectivity index (χ0v) is 12.4. The van der Waals surface area contributed by atoms with Gasteiger partial charge in [-0.2, -0.15) is 5.10 Å². The third-order valence-electron chi connectivity index (χ3n) is 3.62. The Labute approximate surface area is 126 Å². The Kier molecular flexibility index (Phi) is 3.28. The molecule has 0 bridgehead atoms. The molecule has 1 aliphatic rings. The van der Waals surface area contributed by atoms with Crippen molar-refractivity contribution >= 4 is 27.4 Å². The number of rotatable bonds is 3. The average Bonchev–Trinajstić information content (AvgIpc) is 3.07. The van der Waals surface area contributed by atoms with Gasteiger partial charge in [-0.1, -0.05) is 0 Å².